The van der Waals surface area contributed by atoms with E-state index in [2.05, 4.69) is 15.5 Å². The summed E-state index contributed by atoms with van der Waals surface area (Å²) in [5.41, 5.74) is 1.91. The first-order chi connectivity index (χ1) is 12.2. The van der Waals surface area contributed by atoms with Gasteiger partial charge in [0.15, 0.2) is 0 Å². The van der Waals surface area contributed by atoms with Crippen molar-refractivity contribution >= 4 is 22.7 Å². The Bertz CT molecular complexity index is 918. The van der Waals surface area contributed by atoms with Gasteiger partial charge in [-0.1, -0.05) is 24.3 Å². The average Bonchev–Trinajstić information content (AvgIpc) is 2.63. The van der Waals surface area contributed by atoms with Gasteiger partial charge in [-0.25, -0.2) is 5.10 Å². The van der Waals surface area contributed by atoms with E-state index in [0.29, 0.717) is 17.1 Å². The zero-order valence-corrected chi connectivity index (χ0v) is 14.2. The molecule has 126 valence electrons. The Morgan fingerprint density at radius 3 is 2.52 bits per heavy atom. The lowest BCUT2D eigenvalue weighted by atomic mass is 10.1. The van der Waals surface area contributed by atoms with Crippen LogP contribution in [0.15, 0.2) is 70.4 Å². The summed E-state index contributed by atoms with van der Waals surface area (Å²) >= 11 is 1.06. The van der Waals surface area contributed by atoms with Crippen molar-refractivity contribution in [2.75, 3.05) is 12.4 Å². The molecule has 0 spiro atoms. The molecule has 25 heavy (non-hydrogen) atoms. The maximum Gasteiger partial charge on any atom is 0.288 e. The Labute approximate surface area is 148 Å². The topological polar surface area (TPSA) is 84.1 Å². The second kappa shape index (κ2) is 7.67. The predicted octanol–water partition coefficient (Wildman–Crippen LogP) is 3.77. The summed E-state index contributed by atoms with van der Waals surface area (Å²) in [6.45, 7) is 0. The number of nitrogens with one attached hydrogen (secondary N) is 2. The fraction of sp³-hybridized carbons (Fsp3) is 0.0556. The zero-order chi connectivity index (χ0) is 17.6. The molecular formula is C18H15N3O3S. The fourth-order valence-electron chi connectivity index (χ4n) is 2.18. The van der Waals surface area contributed by atoms with Crippen LogP contribution in [0.3, 0.4) is 0 Å². The number of aromatic nitrogens is 2. The van der Waals surface area contributed by atoms with Crippen LogP contribution in [-0.4, -0.2) is 22.5 Å². The van der Waals surface area contributed by atoms with Gasteiger partial charge < -0.3 is 10.1 Å². The summed E-state index contributed by atoms with van der Waals surface area (Å²) in [5.74, 6) is 0.655. The van der Waals surface area contributed by atoms with E-state index in [4.69, 9.17) is 4.74 Å². The van der Waals surface area contributed by atoms with Crippen molar-refractivity contribution in [2.45, 2.75) is 4.90 Å². The van der Waals surface area contributed by atoms with Crippen molar-refractivity contribution in [3.8, 4) is 17.0 Å². The van der Waals surface area contributed by atoms with E-state index in [1.165, 1.54) is 6.07 Å². The molecule has 6 nitrogen and oxygen atoms in total. The predicted molar refractivity (Wildman–Crippen MR) is 98.2 cm³/mol. The van der Waals surface area contributed by atoms with Crippen LogP contribution in [0.1, 0.15) is 0 Å². The lowest BCUT2D eigenvalue weighted by Crippen LogP contribution is -2.06. The number of carbonyl (C=O) groups excluding carboxylic acids is 1. The van der Waals surface area contributed by atoms with E-state index in [1.54, 1.807) is 25.3 Å². The lowest BCUT2D eigenvalue weighted by molar-refractivity contribution is 0.269. The molecule has 0 aliphatic heterocycles. The maximum absolute atomic E-state index is 12.2. The third kappa shape index (κ3) is 4.27. The Hall–Kier alpha value is -3.06. The molecule has 0 unspecified atom stereocenters. The molecule has 1 aromatic heterocycles. The van der Waals surface area contributed by atoms with Crippen LogP contribution in [0.5, 0.6) is 5.75 Å². The van der Waals surface area contributed by atoms with Crippen LogP contribution in [0.4, 0.5) is 10.5 Å². The van der Waals surface area contributed by atoms with Crippen molar-refractivity contribution < 1.29 is 9.53 Å². The Kier molecular flexibility index (Phi) is 5.15. The van der Waals surface area contributed by atoms with Gasteiger partial charge in [-0.2, -0.15) is 5.10 Å². The molecule has 1 heterocycles. The largest absolute Gasteiger partial charge is 0.496 e. The number of carbonyl (C=O) groups is 1. The molecule has 3 aromatic rings. The molecule has 0 atom stereocenters. The Morgan fingerprint density at radius 1 is 1.08 bits per heavy atom. The molecule has 7 heteroatoms. The lowest BCUT2D eigenvalue weighted by Gasteiger charge is -2.08. The number of benzene rings is 2. The molecular weight excluding hydrogens is 338 g/mol. The normalized spacial score (nSPS) is 10.3. The number of H-pyrrole nitrogens is 1. The van der Waals surface area contributed by atoms with Gasteiger partial charge in [-0.15, -0.1) is 0 Å². The van der Waals surface area contributed by atoms with Crippen molar-refractivity contribution in [2.24, 2.45) is 0 Å². The van der Waals surface area contributed by atoms with Gasteiger partial charge >= 0.3 is 0 Å². The number of methoxy groups -OCH3 is 1. The van der Waals surface area contributed by atoms with Crippen molar-refractivity contribution in [3.63, 3.8) is 0 Å². The van der Waals surface area contributed by atoms with E-state index in [9.17, 15) is 9.59 Å². The monoisotopic (exact) mass is 353 g/mol. The fourth-order valence-corrected chi connectivity index (χ4v) is 2.94. The van der Waals surface area contributed by atoms with Gasteiger partial charge in [0.1, 0.15) is 5.75 Å². The summed E-state index contributed by atoms with van der Waals surface area (Å²) in [6.07, 6.45) is 0. The first kappa shape index (κ1) is 16.8. The Balaban J connectivity index is 1.67. The number of nitrogens with zero attached hydrogens (tertiary/aromatic N) is 1. The van der Waals surface area contributed by atoms with Gasteiger partial charge in [0, 0.05) is 17.3 Å². The zero-order valence-electron chi connectivity index (χ0n) is 13.4. The third-order valence-corrected chi connectivity index (χ3v) is 4.22. The van der Waals surface area contributed by atoms with Crippen molar-refractivity contribution in [3.05, 3.63) is 71.0 Å². The highest BCUT2D eigenvalue weighted by atomic mass is 32.2. The standard InChI is InChI=1S/C18H15N3O3S/c1-24-15-4-2-3-5-16(15)25-18(23)19-13-8-6-12(7-9-13)14-10-11-17(22)21-20-14/h2-11H,1H3,(H,19,23)(H,21,22). The maximum atomic E-state index is 12.2. The quantitative estimate of drug-likeness (QED) is 0.698. The number of ether oxygens (including phenoxy) is 1. The van der Waals surface area contributed by atoms with E-state index in [1.807, 2.05) is 36.4 Å². The minimum atomic E-state index is -0.249. The molecule has 0 bridgehead atoms. The summed E-state index contributed by atoms with van der Waals surface area (Å²) in [4.78, 5) is 24.0. The van der Waals surface area contributed by atoms with Gasteiger partial charge in [-0.3, -0.25) is 9.59 Å². The smallest absolute Gasteiger partial charge is 0.288 e. The highest BCUT2D eigenvalue weighted by molar-refractivity contribution is 8.14. The van der Waals surface area contributed by atoms with Crippen molar-refractivity contribution in [1.29, 1.82) is 0 Å². The third-order valence-electron chi connectivity index (χ3n) is 3.38. The van der Waals surface area contributed by atoms with E-state index < -0.39 is 0 Å². The number of rotatable bonds is 4. The number of thioether (sulfide) groups is 1. The summed E-state index contributed by atoms with van der Waals surface area (Å²) < 4.78 is 5.24. The molecule has 2 aromatic carbocycles. The SMILES string of the molecule is COc1ccccc1SC(=O)Nc1ccc(-c2ccc(=O)[nH]n2)cc1. The molecule has 0 fully saturated rings. The highest BCUT2D eigenvalue weighted by Gasteiger charge is 2.09. The number of aromatic amines is 1. The number of hydrogen-bond donors (Lipinski definition) is 2. The Morgan fingerprint density at radius 2 is 1.84 bits per heavy atom. The van der Waals surface area contributed by atoms with Crippen LogP contribution in [0.25, 0.3) is 11.3 Å². The van der Waals surface area contributed by atoms with Gasteiger partial charge in [0.25, 0.3) is 10.8 Å². The molecule has 0 aliphatic carbocycles. The van der Waals surface area contributed by atoms with Crippen LogP contribution in [0, 0.1) is 0 Å². The number of amides is 1. The van der Waals surface area contributed by atoms with Crippen LogP contribution < -0.4 is 15.6 Å². The molecule has 0 radical (unpaired) electrons. The van der Waals surface area contributed by atoms with Crippen LogP contribution >= 0.6 is 11.8 Å². The van der Waals surface area contributed by atoms with Crippen LogP contribution in [-0.2, 0) is 0 Å². The minimum absolute atomic E-state index is 0.209. The highest BCUT2D eigenvalue weighted by Crippen LogP contribution is 2.30. The van der Waals surface area contributed by atoms with Gasteiger partial charge in [0.2, 0.25) is 0 Å². The van der Waals surface area contributed by atoms with Gasteiger partial charge in [-0.05, 0) is 42.1 Å². The van der Waals surface area contributed by atoms with Gasteiger partial charge in [0.05, 0.1) is 17.7 Å². The molecule has 1 amide bonds. The van der Waals surface area contributed by atoms with Crippen molar-refractivity contribution in [1.82, 2.24) is 10.2 Å². The average molecular weight is 353 g/mol. The summed E-state index contributed by atoms with van der Waals surface area (Å²) in [6, 6.07) is 17.6. The minimum Gasteiger partial charge on any atom is -0.496 e. The summed E-state index contributed by atoms with van der Waals surface area (Å²) in [5, 5.41) is 8.97. The van der Waals surface area contributed by atoms with Crippen LogP contribution in [0.2, 0.25) is 0 Å². The van der Waals surface area contributed by atoms with E-state index in [0.717, 1.165) is 22.2 Å². The molecule has 3 rings (SSSR count). The first-order valence-electron chi connectivity index (χ1n) is 7.44. The second-order valence-electron chi connectivity index (χ2n) is 5.05. The molecule has 2 N–H and O–H groups in total. The molecule has 0 saturated heterocycles. The first-order valence-corrected chi connectivity index (χ1v) is 8.25. The number of para-hydroxylation sites is 1. The van der Waals surface area contributed by atoms with E-state index >= 15 is 0 Å². The second-order valence-corrected chi connectivity index (χ2v) is 6.06. The molecule has 0 saturated carbocycles. The molecule has 0 aliphatic rings. The van der Waals surface area contributed by atoms with E-state index in [-0.39, 0.29) is 10.8 Å². The number of hydrogen-bond acceptors (Lipinski definition) is 5. The number of anilines is 1. The summed E-state index contributed by atoms with van der Waals surface area (Å²) in [7, 11) is 1.57.